The van der Waals surface area contributed by atoms with Crippen LogP contribution in [0.5, 0.6) is 0 Å². The zero-order valence-corrected chi connectivity index (χ0v) is 16.3. The molecule has 0 radical (unpaired) electrons. The number of hydrogen-bond donors (Lipinski definition) is 1. The van der Waals surface area contributed by atoms with E-state index >= 15 is 0 Å². The van der Waals surface area contributed by atoms with Crippen molar-refractivity contribution < 1.29 is 23.5 Å². The molecule has 3 rings (SSSR count). The number of carbonyl (C=O) groups is 3. The number of carbonyl (C=O) groups excluding carboxylic acids is 3. The van der Waals surface area contributed by atoms with Crippen molar-refractivity contribution >= 4 is 28.6 Å². The summed E-state index contributed by atoms with van der Waals surface area (Å²) in [5, 5.41) is 0. The number of hydrogen-bond acceptors (Lipinski definition) is 6. The molecule has 3 aromatic rings. The van der Waals surface area contributed by atoms with Crippen LogP contribution >= 0.6 is 0 Å². The van der Waals surface area contributed by atoms with Gasteiger partial charge in [-0.05, 0) is 45.4 Å². The Morgan fingerprint density at radius 1 is 1.21 bits per heavy atom. The second-order valence-electron chi connectivity index (χ2n) is 6.75. The fourth-order valence-corrected chi connectivity index (χ4v) is 3.27. The summed E-state index contributed by atoms with van der Waals surface area (Å²) in [5.74, 6) is -0.563. The van der Waals surface area contributed by atoms with Crippen molar-refractivity contribution in [2.24, 2.45) is 0 Å². The van der Waals surface area contributed by atoms with Crippen LogP contribution < -0.4 is 0 Å². The molecule has 0 saturated carbocycles. The monoisotopic (exact) mass is 382 g/mol. The highest BCUT2D eigenvalue weighted by molar-refractivity contribution is 6.05. The van der Waals surface area contributed by atoms with E-state index < -0.39 is 12.1 Å². The molecule has 7 heteroatoms. The van der Waals surface area contributed by atoms with E-state index in [1.54, 1.807) is 19.9 Å². The summed E-state index contributed by atoms with van der Waals surface area (Å²) in [6.45, 7) is 6.41. The van der Waals surface area contributed by atoms with Gasteiger partial charge < -0.3 is 14.1 Å². The molecule has 0 unspecified atom stereocenters. The van der Waals surface area contributed by atoms with Crippen molar-refractivity contribution in [3.63, 3.8) is 0 Å². The number of aryl methyl sites for hydroxylation is 2. The maximum Gasteiger partial charge on any atom is 0.307 e. The van der Waals surface area contributed by atoms with Gasteiger partial charge in [0.15, 0.2) is 23.4 Å². The third-order valence-corrected chi connectivity index (χ3v) is 4.59. The molecule has 1 atom stereocenters. The molecule has 0 saturated heterocycles. The van der Waals surface area contributed by atoms with Crippen molar-refractivity contribution in [3.8, 4) is 0 Å². The number of Topliss-reactive ketones (excluding diaryl/α,β-unsaturated/α-hetero) is 2. The van der Waals surface area contributed by atoms with Gasteiger partial charge in [0.1, 0.15) is 5.52 Å². The maximum atomic E-state index is 12.6. The first kappa shape index (κ1) is 19.5. The minimum Gasteiger partial charge on any atom is -0.454 e. The third kappa shape index (κ3) is 3.88. The summed E-state index contributed by atoms with van der Waals surface area (Å²) in [4.78, 5) is 43.7. The number of ether oxygens (including phenoxy) is 1. The van der Waals surface area contributed by atoms with Gasteiger partial charge in [-0.3, -0.25) is 14.4 Å². The number of benzene rings is 1. The topological polar surface area (TPSA) is 102 Å². The van der Waals surface area contributed by atoms with Crippen LogP contribution in [0.1, 0.15) is 58.3 Å². The van der Waals surface area contributed by atoms with Crippen molar-refractivity contribution in [2.45, 2.75) is 46.6 Å². The molecule has 7 nitrogen and oxygen atoms in total. The van der Waals surface area contributed by atoms with Crippen LogP contribution in [0, 0.1) is 13.8 Å². The minimum absolute atomic E-state index is 0.0475. The van der Waals surface area contributed by atoms with E-state index in [0.717, 1.165) is 5.52 Å². The van der Waals surface area contributed by atoms with Crippen molar-refractivity contribution in [1.82, 2.24) is 9.97 Å². The number of rotatable bonds is 7. The first-order valence-electron chi connectivity index (χ1n) is 9.06. The number of esters is 1. The van der Waals surface area contributed by atoms with Gasteiger partial charge in [-0.1, -0.05) is 12.1 Å². The number of nitrogens with zero attached hydrogens (tertiary/aromatic N) is 1. The smallest absolute Gasteiger partial charge is 0.307 e. The van der Waals surface area contributed by atoms with Gasteiger partial charge in [0.05, 0.1) is 12.1 Å². The van der Waals surface area contributed by atoms with Gasteiger partial charge in [-0.25, -0.2) is 4.98 Å². The van der Waals surface area contributed by atoms with E-state index in [1.165, 1.54) is 13.8 Å². The fourth-order valence-electron chi connectivity index (χ4n) is 3.27. The summed E-state index contributed by atoms with van der Waals surface area (Å²) in [6, 6.07) is 7.34. The molecule has 0 aliphatic carbocycles. The van der Waals surface area contributed by atoms with Crippen LogP contribution in [0.2, 0.25) is 0 Å². The number of nitrogens with one attached hydrogen (secondary N) is 1. The van der Waals surface area contributed by atoms with Gasteiger partial charge in [0.25, 0.3) is 0 Å². The lowest BCUT2D eigenvalue weighted by Crippen LogP contribution is -2.25. The first-order chi connectivity index (χ1) is 13.3. The second kappa shape index (κ2) is 7.80. The van der Waals surface area contributed by atoms with E-state index in [2.05, 4.69) is 9.97 Å². The van der Waals surface area contributed by atoms with Crippen LogP contribution in [0.25, 0.3) is 11.1 Å². The van der Waals surface area contributed by atoms with Gasteiger partial charge in [0, 0.05) is 17.7 Å². The quantitative estimate of drug-likeness (QED) is 0.493. The Kier molecular flexibility index (Phi) is 5.44. The molecule has 0 fully saturated rings. The second-order valence-corrected chi connectivity index (χ2v) is 6.75. The number of aromatic nitrogens is 2. The highest BCUT2D eigenvalue weighted by atomic mass is 16.5. The lowest BCUT2D eigenvalue weighted by molar-refractivity contribution is -0.146. The fraction of sp³-hybridized carbons (Fsp3) is 0.333. The minimum atomic E-state index is -0.965. The van der Waals surface area contributed by atoms with E-state index in [9.17, 15) is 14.4 Å². The highest BCUT2D eigenvalue weighted by Gasteiger charge is 2.26. The zero-order valence-electron chi connectivity index (χ0n) is 16.3. The number of fused-ring (bicyclic) bond motifs is 1. The molecular formula is C21H22N2O5. The Balaban J connectivity index is 1.61. The molecule has 146 valence electrons. The summed E-state index contributed by atoms with van der Waals surface area (Å²) in [6.07, 6.45) is -0.636. The number of oxazole rings is 1. The number of ketones is 2. The van der Waals surface area contributed by atoms with Gasteiger partial charge in [-0.15, -0.1) is 0 Å². The Morgan fingerprint density at radius 2 is 1.93 bits per heavy atom. The maximum absolute atomic E-state index is 12.6. The highest BCUT2D eigenvalue weighted by Crippen LogP contribution is 2.21. The normalized spacial score (nSPS) is 12.1. The molecule has 0 aliphatic heterocycles. The molecule has 0 aliphatic rings. The Labute approximate surface area is 162 Å². The summed E-state index contributed by atoms with van der Waals surface area (Å²) >= 11 is 0. The van der Waals surface area contributed by atoms with E-state index in [-0.39, 0.29) is 24.4 Å². The van der Waals surface area contributed by atoms with Gasteiger partial charge in [0.2, 0.25) is 5.78 Å². The molecule has 0 bridgehead atoms. The Morgan fingerprint density at radius 3 is 2.57 bits per heavy atom. The average molecular weight is 382 g/mol. The molecular weight excluding hydrogens is 360 g/mol. The number of H-pyrrole nitrogens is 1. The average Bonchev–Trinajstić information content (AvgIpc) is 3.19. The van der Waals surface area contributed by atoms with Crippen LogP contribution in [-0.2, 0) is 16.0 Å². The summed E-state index contributed by atoms with van der Waals surface area (Å²) in [7, 11) is 0. The van der Waals surface area contributed by atoms with E-state index in [1.807, 2.05) is 18.2 Å². The molecule has 0 amide bonds. The largest absolute Gasteiger partial charge is 0.454 e. The van der Waals surface area contributed by atoms with Crippen LogP contribution in [0.4, 0.5) is 0 Å². The van der Waals surface area contributed by atoms with Crippen LogP contribution in [0.3, 0.4) is 0 Å². The lowest BCUT2D eigenvalue weighted by atomic mass is 10.0. The molecule has 1 aromatic carbocycles. The summed E-state index contributed by atoms with van der Waals surface area (Å²) < 4.78 is 10.8. The van der Waals surface area contributed by atoms with E-state index in [4.69, 9.17) is 9.15 Å². The molecule has 1 N–H and O–H groups in total. The summed E-state index contributed by atoms with van der Waals surface area (Å²) in [5.41, 5.74) is 3.38. The predicted octanol–water partition coefficient (Wildman–Crippen LogP) is 3.72. The Bertz CT molecular complexity index is 1030. The van der Waals surface area contributed by atoms with Gasteiger partial charge >= 0.3 is 5.97 Å². The number of para-hydroxylation sites is 2. The van der Waals surface area contributed by atoms with Crippen LogP contribution in [0.15, 0.2) is 28.7 Å². The lowest BCUT2D eigenvalue weighted by Gasteiger charge is -2.12. The molecule has 0 spiro atoms. The van der Waals surface area contributed by atoms with Crippen molar-refractivity contribution in [2.75, 3.05) is 0 Å². The first-order valence-corrected chi connectivity index (χ1v) is 9.06. The van der Waals surface area contributed by atoms with Crippen molar-refractivity contribution in [1.29, 1.82) is 0 Å². The molecule has 2 heterocycles. The third-order valence-electron chi connectivity index (χ3n) is 4.59. The predicted molar refractivity (Wildman–Crippen MR) is 102 cm³/mol. The molecule has 2 aromatic heterocycles. The Hall–Kier alpha value is -3.22. The van der Waals surface area contributed by atoms with E-state index in [0.29, 0.717) is 34.0 Å². The molecule has 28 heavy (non-hydrogen) atoms. The van der Waals surface area contributed by atoms with Crippen molar-refractivity contribution in [3.05, 3.63) is 52.7 Å². The van der Waals surface area contributed by atoms with Gasteiger partial charge in [-0.2, -0.15) is 0 Å². The van der Waals surface area contributed by atoms with Crippen LogP contribution in [-0.4, -0.2) is 33.6 Å². The SMILES string of the molecule is CC(=O)c1c(C)[nH]c(C(=O)[C@H](C)OC(=O)CCc2nc3ccccc3o2)c1C. The number of aromatic amines is 1. The zero-order chi connectivity index (χ0) is 20.4. The standard InChI is InChI=1S/C21H22N2O5/c1-11-19(13(3)24)12(2)22-20(11)21(26)14(4)27-18(25)10-9-17-23-15-7-5-6-8-16(15)28-17/h5-8,14,22H,9-10H2,1-4H3/t14-/m0/s1.